The zero-order valence-corrected chi connectivity index (χ0v) is 10.2. The van der Waals surface area contributed by atoms with Gasteiger partial charge in [-0.1, -0.05) is 0 Å². The fourth-order valence-electron chi connectivity index (χ4n) is 1.05. The van der Waals surface area contributed by atoms with Gasteiger partial charge in [0.15, 0.2) is 5.78 Å². The lowest BCUT2D eigenvalue weighted by Gasteiger charge is -2.08. The number of benzene rings is 1. The number of halogens is 3. The van der Waals surface area contributed by atoms with E-state index in [0.29, 0.717) is 9.13 Å². The van der Waals surface area contributed by atoms with Crippen LogP contribution < -0.4 is 4.74 Å². The van der Waals surface area contributed by atoms with Gasteiger partial charge in [0.1, 0.15) is 11.6 Å². The first kappa shape index (κ1) is 11.7. The average molecular weight is 329 g/mol. The number of ketones is 1. The van der Waals surface area contributed by atoms with Crippen LogP contribution in [0.2, 0.25) is 0 Å². The van der Waals surface area contributed by atoms with Crippen LogP contribution in [-0.4, -0.2) is 18.8 Å². The van der Waals surface area contributed by atoms with E-state index in [1.807, 2.05) is 22.6 Å². The number of rotatable bonds is 3. The Bertz CT molecular complexity index is 368. The highest BCUT2D eigenvalue weighted by atomic mass is 127. The minimum absolute atomic E-state index is 0.141. The molecule has 1 rings (SSSR count). The van der Waals surface area contributed by atoms with Crippen molar-refractivity contribution >= 4 is 40.0 Å². The minimum Gasteiger partial charge on any atom is -0.496 e. The SMILES string of the molecule is COc1cc(F)cc(I)c1C(=O)CCl. The molecule has 0 N–H and O–H groups in total. The van der Waals surface area contributed by atoms with Crippen LogP contribution >= 0.6 is 34.2 Å². The van der Waals surface area contributed by atoms with E-state index in [-0.39, 0.29) is 17.4 Å². The second-order valence-corrected chi connectivity index (χ2v) is 3.95. The predicted octanol–water partition coefficient (Wildman–Crippen LogP) is 2.86. The zero-order valence-electron chi connectivity index (χ0n) is 7.31. The number of alkyl halides is 1. The fraction of sp³-hybridized carbons (Fsp3) is 0.222. The van der Waals surface area contributed by atoms with Gasteiger partial charge in [0.05, 0.1) is 18.6 Å². The van der Waals surface area contributed by atoms with Crippen molar-refractivity contribution in [3.05, 3.63) is 27.1 Å². The van der Waals surface area contributed by atoms with E-state index in [2.05, 4.69) is 0 Å². The lowest BCUT2D eigenvalue weighted by Crippen LogP contribution is -2.06. The maximum atomic E-state index is 12.9. The Balaban J connectivity index is 3.32. The van der Waals surface area contributed by atoms with Crippen LogP contribution in [0.15, 0.2) is 12.1 Å². The number of hydrogen-bond acceptors (Lipinski definition) is 2. The van der Waals surface area contributed by atoms with Crippen molar-refractivity contribution in [3.63, 3.8) is 0 Å². The summed E-state index contributed by atoms with van der Waals surface area (Å²) >= 11 is 7.30. The van der Waals surface area contributed by atoms with Crippen LogP contribution in [0.5, 0.6) is 5.75 Å². The quantitative estimate of drug-likeness (QED) is 0.484. The second-order valence-electron chi connectivity index (χ2n) is 2.52. The third-order valence-corrected chi connectivity index (χ3v) is 2.73. The minimum atomic E-state index is -0.433. The standard InChI is InChI=1S/C9H7ClFIO2/c1-14-8-3-5(11)2-6(12)9(8)7(13)4-10/h2-3H,4H2,1H3. The zero-order chi connectivity index (χ0) is 10.7. The summed E-state index contributed by atoms with van der Waals surface area (Å²) in [6.07, 6.45) is 0. The molecular formula is C9H7ClFIO2. The molecule has 0 aliphatic heterocycles. The first-order valence-corrected chi connectivity index (χ1v) is 5.33. The number of carbonyl (C=O) groups is 1. The molecule has 76 valence electrons. The normalized spacial score (nSPS) is 10.0. The highest BCUT2D eigenvalue weighted by Crippen LogP contribution is 2.26. The van der Waals surface area contributed by atoms with Crippen LogP contribution in [0.3, 0.4) is 0 Å². The summed E-state index contributed by atoms with van der Waals surface area (Å²) in [5, 5.41) is 0. The molecule has 0 heterocycles. The first-order valence-electron chi connectivity index (χ1n) is 3.72. The molecule has 0 bridgehead atoms. The van der Waals surface area contributed by atoms with Gasteiger partial charge in [-0.25, -0.2) is 4.39 Å². The predicted molar refractivity (Wildman–Crippen MR) is 60.7 cm³/mol. The van der Waals surface area contributed by atoms with Gasteiger partial charge < -0.3 is 4.74 Å². The molecule has 0 aliphatic carbocycles. The molecule has 0 fully saturated rings. The number of Topliss-reactive ketones (excluding diaryl/α,β-unsaturated/α-hetero) is 1. The summed E-state index contributed by atoms with van der Waals surface area (Å²) < 4.78 is 18.3. The van der Waals surface area contributed by atoms with Crippen molar-refractivity contribution in [2.45, 2.75) is 0 Å². The monoisotopic (exact) mass is 328 g/mol. The summed E-state index contributed by atoms with van der Waals surface area (Å²) in [5.74, 6) is -0.622. The molecule has 0 aromatic heterocycles. The van der Waals surface area contributed by atoms with Crippen LogP contribution in [0.4, 0.5) is 4.39 Å². The van der Waals surface area contributed by atoms with Crippen LogP contribution in [0.1, 0.15) is 10.4 Å². The third kappa shape index (κ3) is 2.36. The van der Waals surface area contributed by atoms with Crippen LogP contribution in [-0.2, 0) is 0 Å². The molecule has 0 spiro atoms. The van der Waals surface area contributed by atoms with E-state index >= 15 is 0 Å². The van der Waals surface area contributed by atoms with Gasteiger partial charge >= 0.3 is 0 Å². The van der Waals surface area contributed by atoms with Crippen molar-refractivity contribution in [1.29, 1.82) is 0 Å². The molecule has 2 nitrogen and oxygen atoms in total. The highest BCUT2D eigenvalue weighted by molar-refractivity contribution is 14.1. The molecule has 14 heavy (non-hydrogen) atoms. The van der Waals surface area contributed by atoms with Gasteiger partial charge in [-0.05, 0) is 28.7 Å². The number of ether oxygens (including phenoxy) is 1. The summed E-state index contributed by atoms with van der Waals surface area (Å²) in [6, 6.07) is 2.44. The Morgan fingerprint density at radius 3 is 2.79 bits per heavy atom. The van der Waals surface area contributed by atoms with Gasteiger partial charge in [-0.3, -0.25) is 4.79 Å². The van der Waals surface area contributed by atoms with Crippen molar-refractivity contribution in [3.8, 4) is 5.75 Å². The molecule has 0 aliphatic rings. The Morgan fingerprint density at radius 1 is 1.64 bits per heavy atom. The number of methoxy groups -OCH3 is 1. The summed E-state index contributed by atoms with van der Waals surface area (Å²) in [4.78, 5) is 11.4. The van der Waals surface area contributed by atoms with E-state index in [0.717, 1.165) is 0 Å². The van der Waals surface area contributed by atoms with E-state index in [4.69, 9.17) is 16.3 Å². The Labute approximate surface area is 99.5 Å². The summed E-state index contributed by atoms with van der Waals surface area (Å²) in [6.45, 7) is 0. The molecule has 0 saturated heterocycles. The molecular weight excluding hydrogens is 321 g/mol. The van der Waals surface area contributed by atoms with Gasteiger partial charge in [0.25, 0.3) is 0 Å². The summed E-state index contributed by atoms with van der Waals surface area (Å²) in [7, 11) is 1.38. The van der Waals surface area contributed by atoms with E-state index in [1.165, 1.54) is 19.2 Å². The first-order chi connectivity index (χ1) is 6.60. The van der Waals surface area contributed by atoms with E-state index in [1.54, 1.807) is 0 Å². The van der Waals surface area contributed by atoms with Crippen molar-refractivity contribution in [2.75, 3.05) is 13.0 Å². The van der Waals surface area contributed by atoms with Gasteiger partial charge in [0, 0.05) is 9.64 Å². The molecule has 0 unspecified atom stereocenters. The molecule has 0 amide bonds. The van der Waals surface area contributed by atoms with Crippen molar-refractivity contribution in [1.82, 2.24) is 0 Å². The Hall–Kier alpha value is -0.360. The second kappa shape index (κ2) is 4.93. The van der Waals surface area contributed by atoms with Crippen LogP contribution in [0.25, 0.3) is 0 Å². The largest absolute Gasteiger partial charge is 0.496 e. The van der Waals surface area contributed by atoms with Crippen molar-refractivity contribution < 1.29 is 13.9 Å². The van der Waals surface area contributed by atoms with Crippen LogP contribution in [0, 0.1) is 9.39 Å². The van der Waals surface area contributed by atoms with E-state index < -0.39 is 5.82 Å². The summed E-state index contributed by atoms with van der Waals surface area (Å²) in [5.41, 5.74) is 0.338. The molecule has 1 aromatic carbocycles. The van der Waals surface area contributed by atoms with Gasteiger partial charge in [0.2, 0.25) is 0 Å². The topological polar surface area (TPSA) is 26.3 Å². The maximum absolute atomic E-state index is 12.9. The number of hydrogen-bond donors (Lipinski definition) is 0. The van der Waals surface area contributed by atoms with E-state index in [9.17, 15) is 9.18 Å². The molecule has 1 aromatic rings. The van der Waals surface area contributed by atoms with Gasteiger partial charge in [-0.15, -0.1) is 11.6 Å². The smallest absolute Gasteiger partial charge is 0.182 e. The third-order valence-electron chi connectivity index (χ3n) is 1.64. The lowest BCUT2D eigenvalue weighted by molar-refractivity contribution is 0.101. The Morgan fingerprint density at radius 2 is 2.29 bits per heavy atom. The molecule has 5 heteroatoms. The lowest BCUT2D eigenvalue weighted by atomic mass is 10.1. The Kier molecular flexibility index (Phi) is 4.12. The molecule has 0 radical (unpaired) electrons. The van der Waals surface area contributed by atoms with Crippen molar-refractivity contribution in [2.24, 2.45) is 0 Å². The van der Waals surface area contributed by atoms with Gasteiger partial charge in [-0.2, -0.15) is 0 Å². The fourth-order valence-corrected chi connectivity index (χ4v) is 2.05. The maximum Gasteiger partial charge on any atom is 0.182 e. The molecule has 0 atom stereocenters. The number of carbonyl (C=O) groups excluding carboxylic acids is 1. The highest BCUT2D eigenvalue weighted by Gasteiger charge is 2.16. The molecule has 0 saturated carbocycles. The average Bonchev–Trinajstić information content (AvgIpc) is 2.15.